The van der Waals surface area contributed by atoms with Crippen LogP contribution in [0.5, 0.6) is 5.75 Å². The summed E-state index contributed by atoms with van der Waals surface area (Å²) >= 11 is 0. The van der Waals surface area contributed by atoms with Crippen LogP contribution in [0.4, 0.5) is 4.79 Å². The van der Waals surface area contributed by atoms with Crippen molar-refractivity contribution >= 4 is 6.16 Å². The van der Waals surface area contributed by atoms with Crippen molar-refractivity contribution in [1.82, 2.24) is 4.98 Å². The minimum absolute atomic E-state index is 0.239. The van der Waals surface area contributed by atoms with Crippen LogP contribution in [0.25, 0.3) is 0 Å². The summed E-state index contributed by atoms with van der Waals surface area (Å²) in [7, 11) is 0. The maximum Gasteiger partial charge on any atom is 0.511 e. The van der Waals surface area contributed by atoms with Crippen LogP contribution in [0.1, 0.15) is 5.69 Å². The van der Waals surface area contributed by atoms with E-state index in [1.54, 1.807) is 12.1 Å². The summed E-state index contributed by atoms with van der Waals surface area (Å²) in [6, 6.07) is 3.23. The number of carboxylic acid groups (broad SMARTS) is 1. The second-order valence-corrected chi connectivity index (χ2v) is 2.00. The largest absolute Gasteiger partial charge is 0.511 e. The van der Waals surface area contributed by atoms with E-state index in [2.05, 4.69) is 9.72 Å². The predicted octanol–water partition coefficient (Wildman–Crippen LogP) is 1.45. The van der Waals surface area contributed by atoms with E-state index in [-0.39, 0.29) is 5.75 Å². The zero-order valence-electron chi connectivity index (χ0n) is 5.94. The molecule has 1 rings (SSSR count). The van der Waals surface area contributed by atoms with Gasteiger partial charge in [-0.1, -0.05) is 0 Å². The van der Waals surface area contributed by atoms with E-state index in [4.69, 9.17) is 5.11 Å². The summed E-state index contributed by atoms with van der Waals surface area (Å²) in [6.45, 7) is 1.81. The first-order valence-electron chi connectivity index (χ1n) is 3.02. The summed E-state index contributed by atoms with van der Waals surface area (Å²) in [6.07, 6.45) is 0.0411. The molecule has 0 spiro atoms. The van der Waals surface area contributed by atoms with E-state index < -0.39 is 6.16 Å². The lowest BCUT2D eigenvalue weighted by atomic mass is 10.4. The third-order valence-electron chi connectivity index (χ3n) is 1.09. The highest BCUT2D eigenvalue weighted by atomic mass is 16.7. The lowest BCUT2D eigenvalue weighted by molar-refractivity contribution is 0.144. The van der Waals surface area contributed by atoms with Crippen molar-refractivity contribution in [2.24, 2.45) is 0 Å². The van der Waals surface area contributed by atoms with E-state index in [0.29, 0.717) is 0 Å². The molecule has 4 nitrogen and oxygen atoms in total. The predicted molar refractivity (Wildman–Crippen MR) is 37.6 cm³/mol. The third kappa shape index (κ3) is 2.25. The molecule has 0 aliphatic rings. The molecule has 0 aliphatic heterocycles. The molecule has 0 aliphatic carbocycles. The Morgan fingerprint density at radius 1 is 1.64 bits per heavy atom. The fourth-order valence-electron chi connectivity index (χ4n) is 0.615. The zero-order valence-corrected chi connectivity index (χ0v) is 5.94. The molecule has 1 aromatic heterocycles. The van der Waals surface area contributed by atoms with Gasteiger partial charge in [0.05, 0.1) is 6.20 Å². The van der Waals surface area contributed by atoms with Crippen molar-refractivity contribution in [2.45, 2.75) is 6.92 Å². The summed E-state index contributed by atoms with van der Waals surface area (Å²) in [5, 5.41) is 8.19. The van der Waals surface area contributed by atoms with Gasteiger partial charge in [-0.05, 0) is 19.1 Å². The highest BCUT2D eigenvalue weighted by Crippen LogP contribution is 2.07. The van der Waals surface area contributed by atoms with Crippen LogP contribution in [-0.2, 0) is 0 Å². The number of rotatable bonds is 1. The fourth-order valence-corrected chi connectivity index (χ4v) is 0.615. The molecule has 0 radical (unpaired) electrons. The Hall–Kier alpha value is -1.58. The highest BCUT2D eigenvalue weighted by molar-refractivity contribution is 5.60. The van der Waals surface area contributed by atoms with Crippen LogP contribution >= 0.6 is 0 Å². The van der Waals surface area contributed by atoms with Crippen LogP contribution in [0.2, 0.25) is 0 Å². The Morgan fingerprint density at radius 3 is 2.82 bits per heavy atom. The van der Waals surface area contributed by atoms with E-state index in [0.717, 1.165) is 5.69 Å². The van der Waals surface area contributed by atoms with Crippen molar-refractivity contribution in [2.75, 3.05) is 0 Å². The molecule has 0 aromatic carbocycles. The van der Waals surface area contributed by atoms with Gasteiger partial charge in [0.25, 0.3) is 0 Å². The number of aryl methyl sites for hydroxylation is 1. The first-order valence-corrected chi connectivity index (χ1v) is 3.02. The number of ether oxygens (including phenoxy) is 1. The molecule has 0 saturated heterocycles. The number of pyridine rings is 1. The van der Waals surface area contributed by atoms with Crippen molar-refractivity contribution < 1.29 is 14.6 Å². The molecule has 11 heavy (non-hydrogen) atoms. The Morgan fingerprint density at radius 2 is 2.36 bits per heavy atom. The number of hydrogen-bond acceptors (Lipinski definition) is 3. The molecule has 58 valence electrons. The Balaban J connectivity index is 2.74. The van der Waals surface area contributed by atoms with Gasteiger partial charge >= 0.3 is 6.16 Å². The number of aromatic nitrogens is 1. The van der Waals surface area contributed by atoms with Crippen molar-refractivity contribution in [3.8, 4) is 5.75 Å². The molecular formula is C7H7NO3. The van der Waals surface area contributed by atoms with Gasteiger partial charge in [0.15, 0.2) is 5.75 Å². The lowest BCUT2D eigenvalue weighted by Gasteiger charge is -1.97. The normalized spacial score (nSPS) is 9.18. The van der Waals surface area contributed by atoms with Gasteiger partial charge < -0.3 is 9.84 Å². The molecule has 0 atom stereocenters. The average molecular weight is 153 g/mol. The van der Waals surface area contributed by atoms with Crippen LogP contribution in [0.15, 0.2) is 18.3 Å². The van der Waals surface area contributed by atoms with E-state index in [9.17, 15) is 4.79 Å². The molecule has 0 saturated carbocycles. The topological polar surface area (TPSA) is 59.4 Å². The molecular weight excluding hydrogens is 146 g/mol. The second-order valence-electron chi connectivity index (χ2n) is 2.00. The van der Waals surface area contributed by atoms with E-state index in [1.807, 2.05) is 6.92 Å². The monoisotopic (exact) mass is 153 g/mol. The van der Waals surface area contributed by atoms with Crippen LogP contribution in [0, 0.1) is 6.92 Å². The molecule has 0 amide bonds. The molecule has 1 aromatic rings. The summed E-state index contributed by atoms with van der Waals surface area (Å²) in [5.74, 6) is 0.239. The van der Waals surface area contributed by atoms with Crippen molar-refractivity contribution in [3.63, 3.8) is 0 Å². The first-order chi connectivity index (χ1) is 5.18. The molecule has 0 unspecified atom stereocenters. The van der Waals surface area contributed by atoms with Gasteiger partial charge in [-0.15, -0.1) is 0 Å². The van der Waals surface area contributed by atoms with Gasteiger partial charge in [-0.3, -0.25) is 4.98 Å². The summed E-state index contributed by atoms with van der Waals surface area (Å²) < 4.78 is 4.32. The van der Waals surface area contributed by atoms with E-state index in [1.165, 1.54) is 6.20 Å². The smallest absolute Gasteiger partial charge is 0.449 e. The minimum atomic E-state index is -1.32. The summed E-state index contributed by atoms with van der Waals surface area (Å²) in [5.41, 5.74) is 0.822. The second kappa shape index (κ2) is 3.01. The Bertz CT molecular complexity index is 255. The van der Waals surface area contributed by atoms with Crippen LogP contribution < -0.4 is 4.74 Å². The van der Waals surface area contributed by atoms with Gasteiger partial charge in [-0.2, -0.15) is 0 Å². The van der Waals surface area contributed by atoms with Gasteiger partial charge in [0, 0.05) is 5.69 Å². The SMILES string of the molecule is Cc1ccc(OC(=O)O)cn1. The minimum Gasteiger partial charge on any atom is -0.449 e. The standard InChI is InChI=1S/C7H7NO3/c1-5-2-3-6(4-8-5)11-7(9)10/h2-4H,1H3,(H,9,10). The lowest BCUT2D eigenvalue weighted by Crippen LogP contribution is -2.02. The molecule has 1 heterocycles. The van der Waals surface area contributed by atoms with Gasteiger partial charge in [0.1, 0.15) is 0 Å². The Kier molecular flexibility index (Phi) is 2.06. The van der Waals surface area contributed by atoms with Crippen LogP contribution in [0.3, 0.4) is 0 Å². The maximum absolute atomic E-state index is 10.0. The fraction of sp³-hybridized carbons (Fsp3) is 0.143. The average Bonchev–Trinajstić information content (AvgIpc) is 1.93. The molecule has 4 heteroatoms. The number of carbonyl (C=O) groups is 1. The molecule has 1 N–H and O–H groups in total. The third-order valence-corrected chi connectivity index (χ3v) is 1.09. The Labute approximate surface area is 63.5 Å². The maximum atomic E-state index is 10.0. The number of nitrogens with zero attached hydrogens (tertiary/aromatic N) is 1. The van der Waals surface area contributed by atoms with Gasteiger partial charge in [-0.25, -0.2) is 4.79 Å². The molecule has 0 bridgehead atoms. The zero-order chi connectivity index (χ0) is 8.27. The quantitative estimate of drug-likeness (QED) is 0.620. The van der Waals surface area contributed by atoms with Crippen molar-refractivity contribution in [1.29, 1.82) is 0 Å². The van der Waals surface area contributed by atoms with Crippen LogP contribution in [-0.4, -0.2) is 16.2 Å². The first kappa shape index (κ1) is 7.53. The van der Waals surface area contributed by atoms with E-state index >= 15 is 0 Å². The number of hydrogen-bond donors (Lipinski definition) is 1. The summed E-state index contributed by atoms with van der Waals surface area (Å²) in [4.78, 5) is 13.8. The van der Waals surface area contributed by atoms with Gasteiger partial charge in [0.2, 0.25) is 0 Å². The van der Waals surface area contributed by atoms with Crippen molar-refractivity contribution in [3.05, 3.63) is 24.0 Å². The molecule has 0 fully saturated rings. The highest BCUT2D eigenvalue weighted by Gasteiger charge is 1.98.